The van der Waals surface area contributed by atoms with Crippen molar-refractivity contribution in [1.29, 1.82) is 0 Å². The molecule has 14 heavy (non-hydrogen) atoms. The lowest BCUT2D eigenvalue weighted by molar-refractivity contribution is 0.474. The standard InChI is InChI=1S/C11H16N2O/c1-13(2)10-5-6-11(14)9(8-10)4-3-7-12/h3-6,8,14H,7,12H2,1-2H3/b4-3+. The van der Waals surface area contributed by atoms with Gasteiger partial charge in [-0.1, -0.05) is 12.2 Å². The average Bonchev–Trinajstić information content (AvgIpc) is 2.16. The molecule has 0 saturated carbocycles. The van der Waals surface area contributed by atoms with Crippen LogP contribution < -0.4 is 10.6 Å². The van der Waals surface area contributed by atoms with Gasteiger partial charge >= 0.3 is 0 Å². The summed E-state index contributed by atoms with van der Waals surface area (Å²) in [7, 11) is 3.92. The van der Waals surface area contributed by atoms with Crippen molar-refractivity contribution >= 4 is 11.8 Å². The van der Waals surface area contributed by atoms with Crippen LogP contribution in [0.3, 0.4) is 0 Å². The Morgan fingerprint density at radius 2 is 2.14 bits per heavy atom. The first kappa shape index (κ1) is 10.6. The van der Waals surface area contributed by atoms with Gasteiger partial charge in [-0.05, 0) is 18.2 Å². The van der Waals surface area contributed by atoms with E-state index in [1.54, 1.807) is 6.07 Å². The fourth-order valence-electron chi connectivity index (χ4n) is 1.15. The summed E-state index contributed by atoms with van der Waals surface area (Å²) in [6.45, 7) is 0.478. The number of nitrogens with two attached hydrogens (primary N) is 1. The maximum atomic E-state index is 9.53. The SMILES string of the molecule is CN(C)c1ccc(O)c(/C=C/CN)c1. The van der Waals surface area contributed by atoms with E-state index in [2.05, 4.69) is 0 Å². The van der Waals surface area contributed by atoms with Gasteiger partial charge < -0.3 is 15.7 Å². The van der Waals surface area contributed by atoms with Gasteiger partial charge in [-0.25, -0.2) is 0 Å². The van der Waals surface area contributed by atoms with Crippen molar-refractivity contribution in [2.75, 3.05) is 25.5 Å². The highest BCUT2D eigenvalue weighted by Gasteiger charge is 2.00. The van der Waals surface area contributed by atoms with Gasteiger partial charge in [0.15, 0.2) is 0 Å². The Morgan fingerprint density at radius 1 is 1.43 bits per heavy atom. The fraction of sp³-hybridized carbons (Fsp3) is 0.273. The van der Waals surface area contributed by atoms with Gasteiger partial charge in [0.05, 0.1) is 0 Å². The van der Waals surface area contributed by atoms with E-state index in [1.165, 1.54) is 0 Å². The average molecular weight is 192 g/mol. The number of anilines is 1. The van der Waals surface area contributed by atoms with E-state index >= 15 is 0 Å². The Bertz CT molecular complexity index is 332. The van der Waals surface area contributed by atoms with Gasteiger partial charge in [0.25, 0.3) is 0 Å². The summed E-state index contributed by atoms with van der Waals surface area (Å²) in [5, 5.41) is 9.53. The van der Waals surface area contributed by atoms with Crippen molar-refractivity contribution in [2.24, 2.45) is 5.73 Å². The van der Waals surface area contributed by atoms with Gasteiger partial charge in [-0.3, -0.25) is 0 Å². The van der Waals surface area contributed by atoms with E-state index in [1.807, 2.05) is 43.3 Å². The zero-order valence-electron chi connectivity index (χ0n) is 8.57. The molecule has 1 aromatic carbocycles. The number of hydrogen-bond donors (Lipinski definition) is 2. The molecule has 0 fully saturated rings. The van der Waals surface area contributed by atoms with Crippen molar-refractivity contribution in [1.82, 2.24) is 0 Å². The molecule has 0 aliphatic rings. The van der Waals surface area contributed by atoms with Crippen molar-refractivity contribution in [3.05, 3.63) is 29.8 Å². The van der Waals surface area contributed by atoms with Crippen LogP contribution in [0.5, 0.6) is 5.75 Å². The molecule has 0 spiro atoms. The highest BCUT2D eigenvalue weighted by molar-refractivity contribution is 5.63. The van der Waals surface area contributed by atoms with Gasteiger partial charge in [0, 0.05) is 31.9 Å². The molecular formula is C11H16N2O. The van der Waals surface area contributed by atoms with Crippen LogP contribution >= 0.6 is 0 Å². The summed E-state index contributed by atoms with van der Waals surface area (Å²) in [4.78, 5) is 1.99. The van der Waals surface area contributed by atoms with Gasteiger partial charge in [0.1, 0.15) is 5.75 Å². The fourth-order valence-corrected chi connectivity index (χ4v) is 1.15. The van der Waals surface area contributed by atoms with Crippen molar-refractivity contribution in [2.45, 2.75) is 0 Å². The molecular weight excluding hydrogens is 176 g/mol. The van der Waals surface area contributed by atoms with E-state index < -0.39 is 0 Å². The van der Waals surface area contributed by atoms with Crippen LogP contribution in [-0.2, 0) is 0 Å². The predicted molar refractivity (Wildman–Crippen MR) is 60.5 cm³/mol. The topological polar surface area (TPSA) is 49.5 Å². The van der Waals surface area contributed by atoms with Gasteiger partial charge in [-0.15, -0.1) is 0 Å². The summed E-state index contributed by atoms with van der Waals surface area (Å²) in [6.07, 6.45) is 3.64. The molecule has 0 aliphatic heterocycles. The quantitative estimate of drug-likeness (QED) is 0.761. The maximum absolute atomic E-state index is 9.53. The first-order valence-electron chi connectivity index (χ1n) is 4.52. The molecule has 0 saturated heterocycles. The zero-order chi connectivity index (χ0) is 10.6. The third-order valence-corrected chi connectivity index (χ3v) is 1.96. The lowest BCUT2D eigenvalue weighted by Gasteiger charge is -2.13. The molecule has 0 atom stereocenters. The Kier molecular flexibility index (Phi) is 3.54. The van der Waals surface area contributed by atoms with E-state index in [9.17, 15) is 5.11 Å². The van der Waals surface area contributed by atoms with Crippen LogP contribution in [0.2, 0.25) is 0 Å². The first-order chi connectivity index (χ1) is 6.65. The lowest BCUT2D eigenvalue weighted by Crippen LogP contribution is -2.08. The largest absolute Gasteiger partial charge is 0.507 e. The number of phenolic OH excluding ortho intramolecular Hbond substituents is 1. The molecule has 0 aliphatic carbocycles. The van der Waals surface area contributed by atoms with Crippen LogP contribution in [0, 0.1) is 0 Å². The molecule has 1 rings (SSSR count). The normalized spacial score (nSPS) is 10.8. The number of rotatable bonds is 3. The van der Waals surface area contributed by atoms with Gasteiger partial charge in [-0.2, -0.15) is 0 Å². The van der Waals surface area contributed by atoms with Crippen LogP contribution in [0.1, 0.15) is 5.56 Å². The molecule has 76 valence electrons. The highest BCUT2D eigenvalue weighted by atomic mass is 16.3. The van der Waals surface area contributed by atoms with E-state index in [-0.39, 0.29) is 5.75 Å². The molecule has 0 aromatic heterocycles. The number of phenols is 1. The zero-order valence-corrected chi connectivity index (χ0v) is 8.57. The molecule has 0 heterocycles. The summed E-state index contributed by atoms with van der Waals surface area (Å²) < 4.78 is 0. The van der Waals surface area contributed by atoms with E-state index in [0.717, 1.165) is 11.3 Å². The number of nitrogens with zero attached hydrogens (tertiary/aromatic N) is 1. The minimum atomic E-state index is 0.278. The molecule has 3 N–H and O–H groups in total. The Labute approximate surface area is 84.5 Å². The second kappa shape index (κ2) is 4.67. The molecule has 0 amide bonds. The summed E-state index contributed by atoms with van der Waals surface area (Å²) >= 11 is 0. The predicted octanol–water partition coefficient (Wildman–Crippen LogP) is 1.43. The van der Waals surface area contributed by atoms with Crippen molar-refractivity contribution in [3.8, 4) is 5.75 Å². The minimum absolute atomic E-state index is 0.278. The van der Waals surface area contributed by atoms with Crippen LogP contribution in [0.25, 0.3) is 6.08 Å². The van der Waals surface area contributed by atoms with Crippen LogP contribution in [0.15, 0.2) is 24.3 Å². The van der Waals surface area contributed by atoms with E-state index in [4.69, 9.17) is 5.73 Å². The highest BCUT2D eigenvalue weighted by Crippen LogP contribution is 2.23. The lowest BCUT2D eigenvalue weighted by atomic mass is 10.1. The van der Waals surface area contributed by atoms with Crippen molar-refractivity contribution < 1.29 is 5.11 Å². The third-order valence-electron chi connectivity index (χ3n) is 1.96. The molecule has 0 radical (unpaired) electrons. The number of hydrogen-bond acceptors (Lipinski definition) is 3. The van der Waals surface area contributed by atoms with Crippen molar-refractivity contribution in [3.63, 3.8) is 0 Å². The monoisotopic (exact) mass is 192 g/mol. The maximum Gasteiger partial charge on any atom is 0.122 e. The molecule has 0 bridgehead atoms. The first-order valence-corrected chi connectivity index (χ1v) is 4.52. The van der Waals surface area contributed by atoms with E-state index in [0.29, 0.717) is 6.54 Å². The summed E-state index contributed by atoms with van der Waals surface area (Å²) in [5.41, 5.74) is 7.19. The van der Waals surface area contributed by atoms with Gasteiger partial charge in [0.2, 0.25) is 0 Å². The second-order valence-corrected chi connectivity index (χ2v) is 3.28. The summed E-state index contributed by atoms with van der Waals surface area (Å²) in [6, 6.07) is 5.47. The molecule has 3 heteroatoms. The number of benzene rings is 1. The third kappa shape index (κ3) is 2.50. The Balaban J connectivity index is 3.02. The Morgan fingerprint density at radius 3 is 2.71 bits per heavy atom. The van der Waals surface area contributed by atoms with Crippen LogP contribution in [0.4, 0.5) is 5.69 Å². The second-order valence-electron chi connectivity index (χ2n) is 3.28. The summed E-state index contributed by atoms with van der Waals surface area (Å²) in [5.74, 6) is 0.278. The van der Waals surface area contributed by atoms with Crippen LogP contribution in [-0.4, -0.2) is 25.7 Å². The smallest absolute Gasteiger partial charge is 0.122 e. The Hall–Kier alpha value is -1.48. The number of aromatic hydroxyl groups is 1. The molecule has 3 nitrogen and oxygen atoms in total. The molecule has 0 unspecified atom stereocenters. The minimum Gasteiger partial charge on any atom is -0.507 e. The molecule has 1 aromatic rings.